The lowest BCUT2D eigenvalue weighted by Gasteiger charge is -2.34. The molecule has 0 bridgehead atoms. The van der Waals surface area contributed by atoms with Crippen LogP contribution in [0.5, 0.6) is 5.75 Å². The van der Waals surface area contributed by atoms with Gasteiger partial charge in [0.25, 0.3) is 11.8 Å². The summed E-state index contributed by atoms with van der Waals surface area (Å²) in [6.45, 7) is 6.99. The summed E-state index contributed by atoms with van der Waals surface area (Å²) in [5.74, 6) is 0.821. The van der Waals surface area contributed by atoms with Crippen LogP contribution in [0.2, 0.25) is 0 Å². The van der Waals surface area contributed by atoms with E-state index in [1.54, 1.807) is 0 Å². The zero-order valence-corrected chi connectivity index (χ0v) is 16.3. The highest BCUT2D eigenvalue weighted by atomic mass is 32.1. The van der Waals surface area contributed by atoms with Crippen LogP contribution < -0.4 is 10.1 Å². The first-order valence-corrected chi connectivity index (χ1v) is 10.1. The molecule has 0 radical (unpaired) electrons. The van der Waals surface area contributed by atoms with Gasteiger partial charge < -0.3 is 15.0 Å². The highest BCUT2D eigenvalue weighted by molar-refractivity contribution is 7.12. The number of hydrogen-bond acceptors (Lipinski definition) is 5. The molecule has 0 aliphatic carbocycles. The number of hydrogen-bond donors (Lipinski definition) is 1. The molecule has 2 amide bonds. The van der Waals surface area contributed by atoms with E-state index in [1.807, 2.05) is 53.6 Å². The molecular weight excluding hydrogens is 362 g/mol. The van der Waals surface area contributed by atoms with Crippen molar-refractivity contribution in [2.24, 2.45) is 0 Å². The second-order valence-corrected chi connectivity index (χ2v) is 7.27. The molecule has 1 aromatic heterocycles. The van der Waals surface area contributed by atoms with Crippen molar-refractivity contribution in [3.8, 4) is 5.75 Å². The second-order valence-electron chi connectivity index (χ2n) is 6.32. The van der Waals surface area contributed by atoms with Crippen molar-refractivity contribution < 1.29 is 14.3 Å². The average Bonchev–Trinajstić information content (AvgIpc) is 3.24. The van der Waals surface area contributed by atoms with Crippen molar-refractivity contribution in [2.75, 3.05) is 45.9 Å². The number of carbonyl (C=O) groups is 2. The molecule has 1 aliphatic rings. The fourth-order valence-electron chi connectivity index (χ4n) is 3.04. The van der Waals surface area contributed by atoms with Crippen LogP contribution in [0.25, 0.3) is 0 Å². The van der Waals surface area contributed by atoms with E-state index in [4.69, 9.17) is 4.74 Å². The summed E-state index contributed by atoms with van der Waals surface area (Å²) in [5, 5.41) is 4.84. The lowest BCUT2D eigenvalue weighted by molar-refractivity contribution is 0.0638. The van der Waals surface area contributed by atoms with E-state index in [-0.39, 0.29) is 11.8 Å². The molecule has 1 saturated heterocycles. The topological polar surface area (TPSA) is 61.9 Å². The number of carbonyl (C=O) groups excluding carboxylic acids is 2. The molecule has 7 heteroatoms. The summed E-state index contributed by atoms with van der Waals surface area (Å²) >= 11 is 1.44. The van der Waals surface area contributed by atoms with Gasteiger partial charge in [-0.2, -0.15) is 0 Å². The highest BCUT2D eigenvalue weighted by Crippen LogP contribution is 2.15. The van der Waals surface area contributed by atoms with Crippen LogP contribution in [0.4, 0.5) is 0 Å². The highest BCUT2D eigenvalue weighted by Gasteiger charge is 2.22. The summed E-state index contributed by atoms with van der Waals surface area (Å²) in [5.41, 5.74) is 0.690. The molecular formula is C20H25N3O3S. The quantitative estimate of drug-likeness (QED) is 0.792. The van der Waals surface area contributed by atoms with Crippen LogP contribution in [0.3, 0.4) is 0 Å². The van der Waals surface area contributed by atoms with E-state index in [9.17, 15) is 9.59 Å². The molecule has 0 saturated carbocycles. The van der Waals surface area contributed by atoms with Crippen LogP contribution in [0.1, 0.15) is 27.0 Å². The monoisotopic (exact) mass is 387 g/mol. The molecule has 0 atom stereocenters. The van der Waals surface area contributed by atoms with Crippen molar-refractivity contribution in [3.05, 3.63) is 52.2 Å². The lowest BCUT2D eigenvalue weighted by atomic mass is 10.1. The van der Waals surface area contributed by atoms with Crippen LogP contribution in [0, 0.1) is 0 Å². The molecule has 0 unspecified atom stereocenters. The smallest absolute Gasteiger partial charge is 0.261 e. The molecule has 1 aliphatic heterocycles. The van der Waals surface area contributed by atoms with Gasteiger partial charge in [-0.3, -0.25) is 14.5 Å². The Bertz CT molecular complexity index is 738. The van der Waals surface area contributed by atoms with Crippen molar-refractivity contribution in [2.45, 2.75) is 6.92 Å². The predicted octanol–water partition coefficient (Wildman–Crippen LogP) is 2.33. The summed E-state index contributed by atoms with van der Waals surface area (Å²) in [6.07, 6.45) is 0. The maximum atomic E-state index is 12.6. The third kappa shape index (κ3) is 5.30. The molecule has 2 aromatic rings. The Morgan fingerprint density at radius 3 is 2.48 bits per heavy atom. The van der Waals surface area contributed by atoms with E-state index in [1.165, 1.54) is 11.3 Å². The van der Waals surface area contributed by atoms with Crippen LogP contribution >= 0.6 is 11.3 Å². The molecule has 1 N–H and O–H groups in total. The van der Waals surface area contributed by atoms with E-state index < -0.39 is 0 Å². The Kier molecular flexibility index (Phi) is 6.84. The Balaban J connectivity index is 1.40. The Labute approximate surface area is 163 Å². The lowest BCUT2D eigenvalue weighted by Crippen LogP contribution is -2.50. The van der Waals surface area contributed by atoms with E-state index in [2.05, 4.69) is 10.2 Å². The number of piperazine rings is 1. The summed E-state index contributed by atoms with van der Waals surface area (Å²) < 4.78 is 5.42. The number of thiophene rings is 1. The molecule has 0 spiro atoms. The van der Waals surface area contributed by atoms with Gasteiger partial charge in [0.15, 0.2) is 0 Å². The average molecular weight is 388 g/mol. The largest absolute Gasteiger partial charge is 0.494 e. The molecule has 1 fully saturated rings. The fourth-order valence-corrected chi connectivity index (χ4v) is 3.68. The Hall–Kier alpha value is -2.38. The number of nitrogens with one attached hydrogen (secondary N) is 1. The maximum Gasteiger partial charge on any atom is 0.261 e. The molecule has 2 heterocycles. The van der Waals surface area contributed by atoms with Crippen LogP contribution in [-0.2, 0) is 0 Å². The van der Waals surface area contributed by atoms with Crippen LogP contribution in [-0.4, -0.2) is 67.5 Å². The predicted molar refractivity (Wildman–Crippen MR) is 107 cm³/mol. The van der Waals surface area contributed by atoms with Gasteiger partial charge in [-0.1, -0.05) is 6.07 Å². The van der Waals surface area contributed by atoms with Crippen LogP contribution in [0.15, 0.2) is 41.8 Å². The summed E-state index contributed by atoms with van der Waals surface area (Å²) in [7, 11) is 0. The second kappa shape index (κ2) is 9.53. The molecule has 1 aromatic carbocycles. The third-order valence-corrected chi connectivity index (χ3v) is 5.40. The van der Waals surface area contributed by atoms with Gasteiger partial charge in [-0.25, -0.2) is 0 Å². The summed E-state index contributed by atoms with van der Waals surface area (Å²) in [6, 6.07) is 11.0. The number of rotatable bonds is 7. The maximum absolute atomic E-state index is 12.6. The first-order chi connectivity index (χ1) is 13.2. The minimum absolute atomic E-state index is 0.0192. The van der Waals surface area contributed by atoms with Gasteiger partial charge in [0.05, 0.1) is 11.5 Å². The van der Waals surface area contributed by atoms with Crippen molar-refractivity contribution in [3.63, 3.8) is 0 Å². The molecule has 3 rings (SSSR count). The number of ether oxygens (including phenoxy) is 1. The Morgan fingerprint density at radius 2 is 1.85 bits per heavy atom. The van der Waals surface area contributed by atoms with Gasteiger partial charge in [-0.05, 0) is 42.6 Å². The third-order valence-electron chi connectivity index (χ3n) is 4.53. The van der Waals surface area contributed by atoms with Gasteiger partial charge in [0, 0.05) is 44.8 Å². The number of nitrogens with zero attached hydrogens (tertiary/aromatic N) is 2. The first kappa shape index (κ1) is 19.4. The van der Waals surface area contributed by atoms with Gasteiger partial charge in [0.1, 0.15) is 5.75 Å². The zero-order valence-electron chi connectivity index (χ0n) is 15.5. The number of benzene rings is 1. The van der Waals surface area contributed by atoms with Crippen molar-refractivity contribution in [1.29, 1.82) is 0 Å². The summed E-state index contributed by atoms with van der Waals surface area (Å²) in [4.78, 5) is 29.4. The first-order valence-electron chi connectivity index (χ1n) is 9.23. The number of amides is 2. The SMILES string of the molecule is CCOc1ccc(C(=O)N2CCN(CCNC(=O)c3cccs3)CC2)cc1. The minimum Gasteiger partial charge on any atom is -0.494 e. The molecule has 6 nitrogen and oxygen atoms in total. The van der Waals surface area contributed by atoms with Gasteiger partial charge >= 0.3 is 0 Å². The van der Waals surface area contributed by atoms with Crippen molar-refractivity contribution in [1.82, 2.24) is 15.1 Å². The minimum atomic E-state index is -0.0192. The van der Waals surface area contributed by atoms with E-state index in [0.717, 1.165) is 30.3 Å². The molecule has 27 heavy (non-hydrogen) atoms. The fraction of sp³-hybridized carbons (Fsp3) is 0.400. The normalized spacial score (nSPS) is 14.8. The molecule has 144 valence electrons. The van der Waals surface area contributed by atoms with Crippen molar-refractivity contribution >= 4 is 23.2 Å². The standard InChI is InChI=1S/C20H25N3O3S/c1-2-26-17-7-5-16(6-8-17)20(25)23-13-11-22(12-14-23)10-9-21-19(24)18-4-3-15-27-18/h3-8,15H,2,9-14H2,1H3,(H,21,24). The van der Waals surface area contributed by atoms with E-state index in [0.29, 0.717) is 31.8 Å². The zero-order chi connectivity index (χ0) is 19.1. The van der Waals surface area contributed by atoms with E-state index >= 15 is 0 Å². The van der Waals surface area contributed by atoms with Gasteiger partial charge in [-0.15, -0.1) is 11.3 Å². The van der Waals surface area contributed by atoms with Gasteiger partial charge in [0.2, 0.25) is 0 Å². The Morgan fingerprint density at radius 1 is 1.11 bits per heavy atom.